The minimum atomic E-state index is -2.90. The van der Waals surface area contributed by atoms with Crippen molar-refractivity contribution in [2.45, 2.75) is 12.3 Å². The van der Waals surface area contributed by atoms with E-state index in [4.69, 9.17) is 0 Å². The number of nitrogens with one attached hydrogen (secondary N) is 1. The van der Waals surface area contributed by atoms with E-state index in [0.717, 1.165) is 5.69 Å². The van der Waals surface area contributed by atoms with Gasteiger partial charge in [-0.1, -0.05) is 6.58 Å². The van der Waals surface area contributed by atoms with E-state index in [2.05, 4.69) is 32.1 Å². The van der Waals surface area contributed by atoms with Gasteiger partial charge in [-0.3, -0.25) is 0 Å². The molecule has 1 fully saturated rings. The van der Waals surface area contributed by atoms with Crippen molar-refractivity contribution in [1.29, 1.82) is 0 Å². The van der Waals surface area contributed by atoms with Crippen LogP contribution in [0.4, 0.5) is 8.78 Å². The van der Waals surface area contributed by atoms with Gasteiger partial charge in [0.15, 0.2) is 5.82 Å². The van der Waals surface area contributed by atoms with Crippen LogP contribution in [0.1, 0.15) is 12.2 Å². The maximum atomic E-state index is 14.1. The predicted molar refractivity (Wildman–Crippen MR) is 99.0 cm³/mol. The standard InChI is InChI=1S/C19H18F2N6O/c1-12(15-4-5-22-10-19(15,20)21)18-24-9-16(25-26-18)14-3-2-13(8-17(14)28)27-7-6-23-11-27/h2-3,6-9,11,15,22,28H,1,4-5,10H2/t15-/m0/s1. The van der Waals surface area contributed by atoms with Crippen LogP contribution in [0.5, 0.6) is 5.75 Å². The molecular weight excluding hydrogens is 366 g/mol. The van der Waals surface area contributed by atoms with Crippen molar-refractivity contribution in [3.8, 4) is 22.7 Å². The van der Waals surface area contributed by atoms with Crippen molar-refractivity contribution in [1.82, 2.24) is 30.0 Å². The van der Waals surface area contributed by atoms with Crippen molar-refractivity contribution in [2.75, 3.05) is 13.1 Å². The van der Waals surface area contributed by atoms with Crippen LogP contribution in [0.2, 0.25) is 0 Å². The average Bonchev–Trinajstić information content (AvgIpc) is 3.22. The average molecular weight is 384 g/mol. The first-order valence-corrected chi connectivity index (χ1v) is 8.75. The van der Waals surface area contributed by atoms with Crippen LogP contribution in [0.15, 0.2) is 49.7 Å². The molecule has 2 aromatic heterocycles. The lowest BCUT2D eigenvalue weighted by Gasteiger charge is -2.32. The smallest absolute Gasteiger partial charge is 0.267 e. The summed E-state index contributed by atoms with van der Waals surface area (Å²) in [4.78, 5) is 8.12. The summed E-state index contributed by atoms with van der Waals surface area (Å²) in [6, 6.07) is 5.05. The number of hydrogen-bond acceptors (Lipinski definition) is 6. The Morgan fingerprint density at radius 2 is 2.18 bits per heavy atom. The topological polar surface area (TPSA) is 88.8 Å². The molecule has 1 saturated heterocycles. The molecule has 0 aliphatic carbocycles. The molecule has 9 heteroatoms. The zero-order chi connectivity index (χ0) is 19.7. The molecule has 0 spiro atoms. The third kappa shape index (κ3) is 3.36. The van der Waals surface area contributed by atoms with Gasteiger partial charge in [0.25, 0.3) is 5.92 Å². The molecule has 1 atom stereocenters. The SMILES string of the molecule is C=C(c1ncc(-c2ccc(-n3ccnc3)cc2O)nn1)[C@@H]1CCNCC1(F)F. The van der Waals surface area contributed by atoms with Gasteiger partial charge in [0.05, 0.1) is 30.7 Å². The van der Waals surface area contributed by atoms with E-state index in [9.17, 15) is 13.9 Å². The first kappa shape index (κ1) is 18.2. The second-order valence-electron chi connectivity index (χ2n) is 6.64. The highest BCUT2D eigenvalue weighted by molar-refractivity contribution is 5.68. The summed E-state index contributed by atoms with van der Waals surface area (Å²) in [7, 11) is 0. The van der Waals surface area contributed by atoms with E-state index in [1.807, 2.05) is 0 Å². The monoisotopic (exact) mass is 384 g/mol. The largest absolute Gasteiger partial charge is 0.507 e. The number of aromatic hydroxyl groups is 1. The van der Waals surface area contributed by atoms with E-state index in [0.29, 0.717) is 17.8 Å². The predicted octanol–water partition coefficient (Wildman–Crippen LogP) is 2.69. The highest BCUT2D eigenvalue weighted by Gasteiger charge is 2.43. The fourth-order valence-electron chi connectivity index (χ4n) is 3.28. The molecule has 1 aliphatic heterocycles. The normalized spacial score (nSPS) is 18.7. The number of aromatic nitrogens is 5. The second-order valence-corrected chi connectivity index (χ2v) is 6.64. The summed E-state index contributed by atoms with van der Waals surface area (Å²) in [6.07, 6.45) is 6.67. The van der Waals surface area contributed by atoms with Crippen LogP contribution in [0.3, 0.4) is 0 Å². The van der Waals surface area contributed by atoms with Gasteiger partial charge < -0.3 is 15.0 Å². The van der Waals surface area contributed by atoms with Crippen molar-refractivity contribution in [3.63, 3.8) is 0 Å². The van der Waals surface area contributed by atoms with Crippen LogP contribution < -0.4 is 5.32 Å². The number of piperidine rings is 1. The lowest BCUT2D eigenvalue weighted by molar-refractivity contribution is -0.0510. The quantitative estimate of drug-likeness (QED) is 0.719. The number of allylic oxidation sites excluding steroid dienone is 1. The zero-order valence-electron chi connectivity index (χ0n) is 14.9. The van der Waals surface area contributed by atoms with Crippen LogP contribution in [-0.2, 0) is 0 Å². The Balaban J connectivity index is 1.57. The highest BCUT2D eigenvalue weighted by atomic mass is 19.3. The molecule has 28 heavy (non-hydrogen) atoms. The summed E-state index contributed by atoms with van der Waals surface area (Å²) in [5.41, 5.74) is 1.68. The third-order valence-electron chi connectivity index (χ3n) is 4.81. The van der Waals surface area contributed by atoms with Gasteiger partial charge in [0.2, 0.25) is 0 Å². The molecule has 2 N–H and O–H groups in total. The molecule has 3 heterocycles. The maximum Gasteiger partial charge on any atom is 0.267 e. The number of benzene rings is 1. The molecule has 1 aliphatic rings. The van der Waals surface area contributed by atoms with Gasteiger partial charge in [-0.2, -0.15) is 0 Å². The first-order chi connectivity index (χ1) is 13.5. The Labute approximate surface area is 159 Å². The fraction of sp³-hybridized carbons (Fsp3) is 0.263. The fourth-order valence-corrected chi connectivity index (χ4v) is 3.28. The number of nitrogens with zero attached hydrogens (tertiary/aromatic N) is 5. The summed E-state index contributed by atoms with van der Waals surface area (Å²) in [6.45, 7) is 3.87. The van der Waals surface area contributed by atoms with Gasteiger partial charge in [-0.25, -0.2) is 18.7 Å². The van der Waals surface area contributed by atoms with E-state index in [-0.39, 0.29) is 30.1 Å². The molecule has 0 radical (unpaired) electrons. The summed E-state index contributed by atoms with van der Waals surface area (Å²) < 4.78 is 30.0. The number of alkyl halides is 2. The Hall–Kier alpha value is -3.20. The van der Waals surface area contributed by atoms with Crippen molar-refractivity contribution in [3.05, 3.63) is 55.5 Å². The molecular formula is C19H18F2N6O. The molecule has 7 nitrogen and oxygen atoms in total. The first-order valence-electron chi connectivity index (χ1n) is 8.75. The van der Waals surface area contributed by atoms with E-state index in [1.54, 1.807) is 41.5 Å². The van der Waals surface area contributed by atoms with Crippen molar-refractivity contribution < 1.29 is 13.9 Å². The lowest BCUT2D eigenvalue weighted by Crippen LogP contribution is -2.46. The lowest BCUT2D eigenvalue weighted by atomic mass is 9.87. The van der Waals surface area contributed by atoms with E-state index in [1.165, 1.54) is 6.20 Å². The van der Waals surface area contributed by atoms with Gasteiger partial charge in [-0.05, 0) is 25.1 Å². The van der Waals surface area contributed by atoms with Crippen LogP contribution in [-0.4, -0.2) is 48.9 Å². The number of phenols is 1. The number of phenolic OH excluding ortho intramolecular Hbond substituents is 1. The molecule has 0 amide bonds. The number of imidazole rings is 1. The van der Waals surface area contributed by atoms with Gasteiger partial charge in [0.1, 0.15) is 11.4 Å². The Morgan fingerprint density at radius 1 is 1.32 bits per heavy atom. The molecule has 4 rings (SSSR count). The third-order valence-corrected chi connectivity index (χ3v) is 4.81. The Kier molecular flexibility index (Phi) is 4.60. The molecule has 0 bridgehead atoms. The minimum absolute atomic E-state index is 0.00114. The van der Waals surface area contributed by atoms with Crippen LogP contribution >= 0.6 is 0 Å². The van der Waals surface area contributed by atoms with E-state index < -0.39 is 11.8 Å². The molecule has 0 unspecified atom stereocenters. The Morgan fingerprint density at radius 3 is 2.82 bits per heavy atom. The number of halogens is 2. The molecule has 0 saturated carbocycles. The number of hydrogen-bond donors (Lipinski definition) is 2. The second kappa shape index (κ2) is 7.08. The van der Waals surface area contributed by atoms with E-state index >= 15 is 0 Å². The minimum Gasteiger partial charge on any atom is -0.507 e. The summed E-state index contributed by atoms with van der Waals surface area (Å²) in [5.74, 6) is -3.84. The Bertz CT molecular complexity index is 988. The van der Waals surface area contributed by atoms with Crippen LogP contribution in [0, 0.1) is 5.92 Å². The van der Waals surface area contributed by atoms with Crippen molar-refractivity contribution in [2.24, 2.45) is 5.92 Å². The molecule has 144 valence electrons. The van der Waals surface area contributed by atoms with Gasteiger partial charge >= 0.3 is 0 Å². The van der Waals surface area contributed by atoms with Crippen molar-refractivity contribution >= 4 is 5.57 Å². The highest BCUT2D eigenvalue weighted by Crippen LogP contribution is 2.38. The van der Waals surface area contributed by atoms with Gasteiger partial charge in [-0.15, -0.1) is 10.2 Å². The number of rotatable bonds is 4. The maximum absolute atomic E-state index is 14.1. The molecule has 1 aromatic carbocycles. The van der Waals surface area contributed by atoms with Gasteiger partial charge in [0, 0.05) is 29.6 Å². The molecule has 3 aromatic rings. The van der Waals surface area contributed by atoms with Crippen LogP contribution in [0.25, 0.3) is 22.5 Å². The zero-order valence-corrected chi connectivity index (χ0v) is 14.9. The summed E-state index contributed by atoms with van der Waals surface area (Å²) in [5, 5.41) is 21.0. The summed E-state index contributed by atoms with van der Waals surface area (Å²) >= 11 is 0.